The van der Waals surface area contributed by atoms with Crippen molar-refractivity contribution >= 4 is 5.91 Å². The number of hydrogen-bond acceptors (Lipinski definition) is 2. The number of carbonyl (C=O) groups is 1. The standard InChI is InChI=1S/C11H18N2O/c1-7-4-10(5-7)13-11(14)8-2-3-9(12)6-8/h2-3,7-10H,4-6,12H2,1H3,(H,13,14). The molecular weight excluding hydrogens is 176 g/mol. The van der Waals surface area contributed by atoms with E-state index in [1.165, 1.54) is 0 Å². The maximum absolute atomic E-state index is 11.7. The van der Waals surface area contributed by atoms with Crippen molar-refractivity contribution in [2.45, 2.75) is 38.3 Å². The predicted molar refractivity (Wildman–Crippen MR) is 55.6 cm³/mol. The third-order valence-electron chi connectivity index (χ3n) is 3.17. The van der Waals surface area contributed by atoms with Crippen molar-refractivity contribution in [3.63, 3.8) is 0 Å². The SMILES string of the molecule is CC1CC(NC(=O)C2C=CC(N)C2)C1. The van der Waals surface area contributed by atoms with E-state index in [1.807, 2.05) is 12.2 Å². The van der Waals surface area contributed by atoms with Gasteiger partial charge < -0.3 is 11.1 Å². The number of rotatable bonds is 2. The van der Waals surface area contributed by atoms with Gasteiger partial charge >= 0.3 is 0 Å². The zero-order chi connectivity index (χ0) is 10.1. The Bertz CT molecular complexity index is 256. The van der Waals surface area contributed by atoms with Crippen LogP contribution in [-0.2, 0) is 4.79 Å². The zero-order valence-corrected chi connectivity index (χ0v) is 8.57. The summed E-state index contributed by atoms with van der Waals surface area (Å²) in [4.78, 5) is 11.7. The molecule has 0 bridgehead atoms. The lowest BCUT2D eigenvalue weighted by Crippen LogP contribution is -2.45. The van der Waals surface area contributed by atoms with E-state index in [0.717, 1.165) is 25.2 Å². The molecule has 0 aromatic carbocycles. The molecule has 2 unspecified atom stereocenters. The van der Waals surface area contributed by atoms with E-state index in [-0.39, 0.29) is 17.9 Å². The smallest absolute Gasteiger partial charge is 0.227 e. The molecule has 0 aliphatic heterocycles. The largest absolute Gasteiger partial charge is 0.353 e. The number of hydrogen-bond donors (Lipinski definition) is 2. The Balaban J connectivity index is 1.76. The summed E-state index contributed by atoms with van der Waals surface area (Å²) < 4.78 is 0. The lowest BCUT2D eigenvalue weighted by atomic mass is 9.81. The first-order chi connectivity index (χ1) is 6.65. The van der Waals surface area contributed by atoms with E-state index in [9.17, 15) is 4.79 Å². The molecule has 2 aliphatic carbocycles. The summed E-state index contributed by atoms with van der Waals surface area (Å²) in [6.07, 6.45) is 6.90. The van der Waals surface area contributed by atoms with E-state index in [2.05, 4.69) is 12.2 Å². The quantitative estimate of drug-likeness (QED) is 0.639. The highest BCUT2D eigenvalue weighted by Crippen LogP contribution is 2.27. The highest BCUT2D eigenvalue weighted by atomic mass is 16.1. The van der Waals surface area contributed by atoms with Gasteiger partial charge in [0.25, 0.3) is 0 Å². The Morgan fingerprint density at radius 3 is 2.57 bits per heavy atom. The van der Waals surface area contributed by atoms with Crippen LogP contribution >= 0.6 is 0 Å². The molecule has 3 heteroatoms. The number of amides is 1. The molecule has 0 spiro atoms. The minimum atomic E-state index is 0.0147. The molecule has 0 aromatic rings. The average Bonchev–Trinajstić information content (AvgIpc) is 2.49. The Morgan fingerprint density at radius 1 is 1.36 bits per heavy atom. The zero-order valence-electron chi connectivity index (χ0n) is 8.57. The molecule has 78 valence electrons. The van der Waals surface area contributed by atoms with E-state index in [1.54, 1.807) is 0 Å². The summed E-state index contributed by atoms with van der Waals surface area (Å²) in [5.41, 5.74) is 5.70. The van der Waals surface area contributed by atoms with Crippen LogP contribution in [0.3, 0.4) is 0 Å². The van der Waals surface area contributed by atoms with E-state index in [0.29, 0.717) is 6.04 Å². The second kappa shape index (κ2) is 3.73. The molecule has 2 rings (SSSR count). The predicted octanol–water partition coefficient (Wildman–Crippen LogP) is 0.804. The fraction of sp³-hybridized carbons (Fsp3) is 0.727. The van der Waals surface area contributed by atoms with Crippen molar-refractivity contribution < 1.29 is 4.79 Å². The molecular formula is C11H18N2O. The van der Waals surface area contributed by atoms with Gasteiger partial charge in [-0.3, -0.25) is 4.79 Å². The fourth-order valence-electron chi connectivity index (χ4n) is 2.25. The summed E-state index contributed by atoms with van der Waals surface area (Å²) in [6.45, 7) is 2.22. The molecule has 0 radical (unpaired) electrons. The second-order valence-corrected chi connectivity index (χ2v) is 4.67. The Hall–Kier alpha value is -0.830. The molecule has 0 heterocycles. The van der Waals surface area contributed by atoms with Crippen molar-refractivity contribution in [3.8, 4) is 0 Å². The normalized spacial score (nSPS) is 40.7. The summed E-state index contributed by atoms with van der Waals surface area (Å²) in [6, 6.07) is 0.494. The van der Waals surface area contributed by atoms with Crippen LogP contribution in [0.5, 0.6) is 0 Å². The van der Waals surface area contributed by atoms with Crippen LogP contribution in [0.4, 0.5) is 0 Å². The van der Waals surface area contributed by atoms with Gasteiger partial charge in [-0.2, -0.15) is 0 Å². The third kappa shape index (κ3) is 1.98. The van der Waals surface area contributed by atoms with Crippen LogP contribution in [0.1, 0.15) is 26.2 Å². The molecule has 14 heavy (non-hydrogen) atoms. The third-order valence-corrected chi connectivity index (χ3v) is 3.17. The molecule has 3 nitrogen and oxygen atoms in total. The number of nitrogens with two attached hydrogens (primary N) is 1. The maximum atomic E-state index is 11.7. The van der Waals surface area contributed by atoms with Gasteiger partial charge in [-0.1, -0.05) is 19.1 Å². The van der Waals surface area contributed by atoms with Crippen molar-refractivity contribution in [3.05, 3.63) is 12.2 Å². The van der Waals surface area contributed by atoms with Crippen LogP contribution in [0, 0.1) is 11.8 Å². The minimum Gasteiger partial charge on any atom is -0.353 e. The first kappa shape index (κ1) is 9.71. The number of carbonyl (C=O) groups excluding carboxylic acids is 1. The highest BCUT2D eigenvalue weighted by Gasteiger charge is 2.30. The monoisotopic (exact) mass is 194 g/mol. The first-order valence-electron chi connectivity index (χ1n) is 5.39. The van der Waals surface area contributed by atoms with Gasteiger partial charge in [0, 0.05) is 12.1 Å². The molecule has 1 amide bonds. The second-order valence-electron chi connectivity index (χ2n) is 4.67. The van der Waals surface area contributed by atoms with E-state index >= 15 is 0 Å². The number of nitrogens with one attached hydrogen (secondary N) is 1. The summed E-state index contributed by atoms with van der Waals surface area (Å²) in [7, 11) is 0. The lowest BCUT2D eigenvalue weighted by Gasteiger charge is -2.33. The molecule has 0 saturated heterocycles. The average molecular weight is 194 g/mol. The topological polar surface area (TPSA) is 55.1 Å². The molecule has 1 fully saturated rings. The highest BCUT2D eigenvalue weighted by molar-refractivity contribution is 5.81. The Labute approximate surface area is 84.7 Å². The Kier molecular flexibility index (Phi) is 2.59. The van der Waals surface area contributed by atoms with Crippen LogP contribution < -0.4 is 11.1 Å². The van der Waals surface area contributed by atoms with Crippen molar-refractivity contribution in [2.24, 2.45) is 17.6 Å². The van der Waals surface area contributed by atoms with Crippen LogP contribution in [0.15, 0.2) is 12.2 Å². The van der Waals surface area contributed by atoms with Crippen LogP contribution in [-0.4, -0.2) is 18.0 Å². The minimum absolute atomic E-state index is 0.0147. The van der Waals surface area contributed by atoms with Gasteiger partial charge in [0.2, 0.25) is 5.91 Å². The van der Waals surface area contributed by atoms with Crippen molar-refractivity contribution in [2.75, 3.05) is 0 Å². The van der Waals surface area contributed by atoms with Crippen LogP contribution in [0.2, 0.25) is 0 Å². The molecule has 2 atom stereocenters. The molecule has 2 aliphatic rings. The summed E-state index contributed by atoms with van der Waals surface area (Å²) >= 11 is 0. The van der Waals surface area contributed by atoms with Crippen molar-refractivity contribution in [1.29, 1.82) is 0 Å². The molecule has 1 saturated carbocycles. The van der Waals surface area contributed by atoms with Crippen molar-refractivity contribution in [1.82, 2.24) is 5.32 Å². The van der Waals surface area contributed by atoms with Crippen LogP contribution in [0.25, 0.3) is 0 Å². The van der Waals surface area contributed by atoms with Gasteiger partial charge in [0.1, 0.15) is 0 Å². The maximum Gasteiger partial charge on any atom is 0.227 e. The first-order valence-corrected chi connectivity index (χ1v) is 5.39. The van der Waals surface area contributed by atoms with E-state index < -0.39 is 0 Å². The molecule has 3 N–H and O–H groups in total. The summed E-state index contributed by atoms with van der Waals surface area (Å²) in [5.74, 6) is 0.952. The summed E-state index contributed by atoms with van der Waals surface area (Å²) in [5, 5.41) is 3.06. The van der Waals surface area contributed by atoms with Gasteiger partial charge in [-0.15, -0.1) is 0 Å². The Morgan fingerprint density at radius 2 is 2.07 bits per heavy atom. The van der Waals surface area contributed by atoms with Gasteiger partial charge in [0.05, 0.1) is 5.92 Å². The van der Waals surface area contributed by atoms with E-state index in [4.69, 9.17) is 5.73 Å². The fourth-order valence-corrected chi connectivity index (χ4v) is 2.25. The lowest BCUT2D eigenvalue weighted by molar-refractivity contribution is -0.125. The van der Waals surface area contributed by atoms with Gasteiger partial charge in [-0.25, -0.2) is 0 Å². The molecule has 0 aromatic heterocycles. The van der Waals surface area contributed by atoms with Gasteiger partial charge in [0.15, 0.2) is 0 Å². The van der Waals surface area contributed by atoms with Gasteiger partial charge in [-0.05, 0) is 25.2 Å².